The van der Waals surface area contributed by atoms with Crippen LogP contribution in [0.3, 0.4) is 0 Å². The van der Waals surface area contributed by atoms with E-state index in [0.717, 1.165) is 11.1 Å². The van der Waals surface area contributed by atoms with E-state index in [2.05, 4.69) is 38.1 Å². The SMILES string of the molecule is Cc1ccc(F)cc1.Cc1cccc(C)c1.Cc1ccccc1O. The van der Waals surface area contributed by atoms with E-state index >= 15 is 0 Å². The average Bonchev–Trinajstić information content (AvgIpc) is 2.54. The van der Waals surface area contributed by atoms with Crippen LogP contribution in [-0.4, -0.2) is 5.11 Å². The molecule has 0 fully saturated rings. The van der Waals surface area contributed by atoms with E-state index in [0.29, 0.717) is 5.75 Å². The van der Waals surface area contributed by atoms with Gasteiger partial charge in [-0.3, -0.25) is 0 Å². The fourth-order valence-corrected chi connectivity index (χ4v) is 1.90. The maximum absolute atomic E-state index is 12.1. The summed E-state index contributed by atoms with van der Waals surface area (Å²) in [5, 5.41) is 8.92. The van der Waals surface area contributed by atoms with Crippen molar-refractivity contribution < 1.29 is 9.50 Å². The van der Waals surface area contributed by atoms with Crippen LogP contribution in [0.2, 0.25) is 0 Å². The van der Waals surface area contributed by atoms with Crippen LogP contribution in [-0.2, 0) is 0 Å². The molecule has 0 unspecified atom stereocenters. The van der Waals surface area contributed by atoms with Gasteiger partial charge in [-0.05, 0) is 51.5 Å². The minimum atomic E-state index is -0.171. The van der Waals surface area contributed by atoms with E-state index in [-0.39, 0.29) is 5.82 Å². The molecule has 0 aromatic heterocycles. The molecule has 2 heteroatoms. The number of benzene rings is 3. The van der Waals surface area contributed by atoms with Crippen molar-refractivity contribution in [3.05, 3.63) is 101 Å². The van der Waals surface area contributed by atoms with Crippen molar-refractivity contribution in [2.24, 2.45) is 0 Å². The second-order valence-electron chi connectivity index (χ2n) is 5.74. The van der Waals surface area contributed by atoms with Crippen molar-refractivity contribution in [2.45, 2.75) is 27.7 Å². The summed E-state index contributed by atoms with van der Waals surface area (Å²) in [6.07, 6.45) is 0. The lowest BCUT2D eigenvalue weighted by Gasteiger charge is -1.92. The van der Waals surface area contributed by atoms with E-state index in [1.165, 1.54) is 23.3 Å². The van der Waals surface area contributed by atoms with Gasteiger partial charge in [0.25, 0.3) is 0 Å². The normalized spacial score (nSPS) is 9.21. The molecule has 0 aliphatic carbocycles. The number of phenolic OH excluding ortho intramolecular Hbond substituents is 1. The highest BCUT2D eigenvalue weighted by atomic mass is 19.1. The Bertz CT molecular complexity index is 674. The van der Waals surface area contributed by atoms with Crippen molar-refractivity contribution in [3.8, 4) is 5.75 Å². The van der Waals surface area contributed by atoms with Crippen LogP contribution in [0.25, 0.3) is 0 Å². The highest BCUT2D eigenvalue weighted by Crippen LogP contribution is 2.12. The molecule has 24 heavy (non-hydrogen) atoms. The highest BCUT2D eigenvalue weighted by Gasteiger charge is 1.87. The van der Waals surface area contributed by atoms with Crippen molar-refractivity contribution in [3.63, 3.8) is 0 Å². The molecule has 0 spiro atoms. The zero-order valence-corrected chi connectivity index (χ0v) is 14.8. The van der Waals surface area contributed by atoms with Gasteiger partial charge in [0.15, 0.2) is 0 Å². The van der Waals surface area contributed by atoms with E-state index < -0.39 is 0 Å². The van der Waals surface area contributed by atoms with Crippen molar-refractivity contribution in [1.82, 2.24) is 0 Å². The van der Waals surface area contributed by atoms with Crippen molar-refractivity contribution in [1.29, 1.82) is 0 Å². The molecule has 0 amide bonds. The van der Waals surface area contributed by atoms with Gasteiger partial charge in [-0.25, -0.2) is 4.39 Å². The van der Waals surface area contributed by atoms with Crippen LogP contribution < -0.4 is 0 Å². The van der Waals surface area contributed by atoms with Gasteiger partial charge in [-0.2, -0.15) is 0 Å². The molecule has 0 heterocycles. The Morgan fingerprint density at radius 2 is 1.17 bits per heavy atom. The number of para-hydroxylation sites is 1. The summed E-state index contributed by atoms with van der Waals surface area (Å²) >= 11 is 0. The first-order chi connectivity index (χ1) is 11.4. The minimum Gasteiger partial charge on any atom is -0.508 e. The first kappa shape index (κ1) is 19.4. The summed E-state index contributed by atoms with van der Waals surface area (Å²) < 4.78 is 12.1. The number of rotatable bonds is 0. The molecule has 0 radical (unpaired) electrons. The monoisotopic (exact) mass is 324 g/mol. The van der Waals surface area contributed by atoms with Crippen LogP contribution in [0.1, 0.15) is 22.3 Å². The first-order valence-electron chi connectivity index (χ1n) is 7.88. The summed E-state index contributed by atoms with van der Waals surface area (Å²) in [6.45, 7) is 8.01. The second-order valence-corrected chi connectivity index (χ2v) is 5.74. The third-order valence-electron chi connectivity index (χ3n) is 3.30. The summed E-state index contributed by atoms with van der Waals surface area (Å²) in [5.41, 5.74) is 4.69. The fraction of sp³-hybridized carbons (Fsp3) is 0.182. The van der Waals surface area contributed by atoms with E-state index in [9.17, 15) is 4.39 Å². The van der Waals surface area contributed by atoms with Crippen molar-refractivity contribution >= 4 is 0 Å². The molecule has 3 aromatic carbocycles. The molecule has 1 nitrogen and oxygen atoms in total. The molecule has 0 saturated carbocycles. The molecule has 3 aromatic rings. The Balaban J connectivity index is 0.000000180. The Labute approximate surface area is 144 Å². The quantitative estimate of drug-likeness (QED) is 0.527. The maximum atomic E-state index is 12.1. The van der Waals surface area contributed by atoms with Gasteiger partial charge < -0.3 is 5.11 Å². The van der Waals surface area contributed by atoms with E-state index in [1.54, 1.807) is 18.2 Å². The number of aryl methyl sites for hydroxylation is 4. The Morgan fingerprint density at radius 1 is 0.625 bits per heavy atom. The second kappa shape index (κ2) is 10.2. The number of phenols is 1. The molecular weight excluding hydrogens is 299 g/mol. The standard InChI is InChI=1S/C8H10.C7H7F.C7H8O/c1-7-4-3-5-8(2)6-7;1-6-2-4-7(8)5-3-6;1-6-4-2-3-5-7(6)8/h3-6H,1-2H3;2-5H,1H3;2-5,8H,1H3. The summed E-state index contributed by atoms with van der Waals surface area (Å²) in [5.74, 6) is 0.197. The fourth-order valence-electron chi connectivity index (χ4n) is 1.90. The summed E-state index contributed by atoms with van der Waals surface area (Å²) in [6, 6.07) is 22.1. The highest BCUT2D eigenvalue weighted by molar-refractivity contribution is 5.29. The van der Waals surface area contributed by atoms with Gasteiger partial charge in [0.2, 0.25) is 0 Å². The van der Waals surface area contributed by atoms with Crippen LogP contribution in [0.5, 0.6) is 5.75 Å². The molecule has 1 N–H and O–H groups in total. The third kappa shape index (κ3) is 8.14. The van der Waals surface area contributed by atoms with Gasteiger partial charge in [0, 0.05) is 0 Å². The topological polar surface area (TPSA) is 20.2 Å². The molecule has 126 valence electrons. The molecule has 0 bridgehead atoms. The Hall–Kier alpha value is -2.61. The Morgan fingerprint density at radius 3 is 1.50 bits per heavy atom. The number of halogens is 1. The molecule has 0 aliphatic rings. The predicted molar refractivity (Wildman–Crippen MR) is 99.9 cm³/mol. The first-order valence-corrected chi connectivity index (χ1v) is 7.88. The smallest absolute Gasteiger partial charge is 0.123 e. The lowest BCUT2D eigenvalue weighted by molar-refractivity contribution is 0.471. The van der Waals surface area contributed by atoms with Gasteiger partial charge >= 0.3 is 0 Å². The number of hydrogen-bond donors (Lipinski definition) is 1. The zero-order valence-electron chi connectivity index (χ0n) is 14.8. The largest absolute Gasteiger partial charge is 0.508 e. The van der Waals surface area contributed by atoms with Gasteiger partial charge in [0.05, 0.1) is 0 Å². The van der Waals surface area contributed by atoms with Crippen LogP contribution in [0, 0.1) is 33.5 Å². The molecule has 3 rings (SSSR count). The molecule has 0 atom stereocenters. The van der Waals surface area contributed by atoms with Crippen LogP contribution in [0.15, 0.2) is 72.8 Å². The lowest BCUT2D eigenvalue weighted by Crippen LogP contribution is -1.71. The lowest BCUT2D eigenvalue weighted by atomic mass is 10.2. The summed E-state index contributed by atoms with van der Waals surface area (Å²) in [7, 11) is 0. The molecule has 0 saturated heterocycles. The third-order valence-corrected chi connectivity index (χ3v) is 3.30. The van der Waals surface area contributed by atoms with Gasteiger partial charge in [0.1, 0.15) is 11.6 Å². The average molecular weight is 324 g/mol. The van der Waals surface area contributed by atoms with E-state index in [4.69, 9.17) is 5.11 Å². The number of aromatic hydroxyl groups is 1. The van der Waals surface area contributed by atoms with Gasteiger partial charge in [-0.1, -0.05) is 71.3 Å². The van der Waals surface area contributed by atoms with Crippen LogP contribution in [0.4, 0.5) is 4.39 Å². The maximum Gasteiger partial charge on any atom is 0.123 e. The minimum absolute atomic E-state index is 0.171. The number of hydrogen-bond acceptors (Lipinski definition) is 1. The van der Waals surface area contributed by atoms with Crippen molar-refractivity contribution in [2.75, 3.05) is 0 Å². The predicted octanol–water partition coefficient (Wildman–Crippen LogP) is 6.14. The zero-order chi connectivity index (χ0) is 17.9. The molecular formula is C22H25FO. The van der Waals surface area contributed by atoms with Gasteiger partial charge in [-0.15, -0.1) is 0 Å². The van der Waals surface area contributed by atoms with E-state index in [1.807, 2.05) is 32.0 Å². The molecule has 0 aliphatic heterocycles. The van der Waals surface area contributed by atoms with Crippen LogP contribution >= 0.6 is 0 Å². The Kier molecular flexibility index (Phi) is 8.28. The summed E-state index contributed by atoms with van der Waals surface area (Å²) in [4.78, 5) is 0.